The highest BCUT2D eigenvalue weighted by atomic mass is 32.1. The quantitative estimate of drug-likeness (QED) is 0.923. The van der Waals surface area contributed by atoms with E-state index in [9.17, 15) is 0 Å². The van der Waals surface area contributed by atoms with Crippen LogP contribution in [0.5, 0.6) is 5.75 Å². The van der Waals surface area contributed by atoms with Gasteiger partial charge < -0.3 is 10.5 Å². The minimum Gasteiger partial charge on any atom is -0.493 e. The molecule has 0 spiro atoms. The van der Waals surface area contributed by atoms with Crippen LogP contribution >= 0.6 is 11.3 Å². The van der Waals surface area contributed by atoms with Crippen molar-refractivity contribution in [2.24, 2.45) is 5.73 Å². The Balaban J connectivity index is 1.78. The van der Waals surface area contributed by atoms with Gasteiger partial charge in [-0.25, -0.2) is 4.98 Å². The molecule has 0 fully saturated rings. The molecule has 1 atom stereocenters. The zero-order valence-electron chi connectivity index (χ0n) is 10.3. The number of hydrogen-bond donors (Lipinski definition) is 1. The molecule has 1 aromatic carbocycles. The van der Waals surface area contributed by atoms with Crippen LogP contribution in [0.15, 0.2) is 23.6 Å². The lowest BCUT2D eigenvalue weighted by Crippen LogP contribution is -2.13. The summed E-state index contributed by atoms with van der Waals surface area (Å²) in [4.78, 5) is 4.46. The van der Waals surface area contributed by atoms with E-state index in [-0.39, 0.29) is 6.04 Å². The zero-order valence-corrected chi connectivity index (χ0v) is 11.2. The standard InChI is InChI=1S/C14H16N2OS/c1-9-16-12(8-18-9)7-13(15)10-2-3-14-11(6-10)4-5-17-14/h2-3,6,8,13H,4-5,7,15H2,1H3. The van der Waals surface area contributed by atoms with E-state index in [1.54, 1.807) is 11.3 Å². The minimum absolute atomic E-state index is 0.0115. The molecule has 2 N–H and O–H groups in total. The van der Waals surface area contributed by atoms with Gasteiger partial charge >= 0.3 is 0 Å². The molecule has 0 saturated heterocycles. The van der Waals surface area contributed by atoms with Gasteiger partial charge in [-0.2, -0.15) is 0 Å². The highest BCUT2D eigenvalue weighted by molar-refractivity contribution is 7.09. The van der Waals surface area contributed by atoms with Gasteiger partial charge in [-0.1, -0.05) is 12.1 Å². The molecule has 2 aromatic rings. The van der Waals surface area contributed by atoms with Crippen LogP contribution in [0.2, 0.25) is 0 Å². The molecule has 1 aliphatic heterocycles. The van der Waals surface area contributed by atoms with E-state index in [1.807, 2.05) is 13.0 Å². The molecule has 1 aromatic heterocycles. The van der Waals surface area contributed by atoms with Crippen molar-refractivity contribution in [1.29, 1.82) is 0 Å². The van der Waals surface area contributed by atoms with E-state index in [0.29, 0.717) is 0 Å². The molecule has 2 heterocycles. The number of benzene rings is 1. The van der Waals surface area contributed by atoms with Gasteiger partial charge in [-0.3, -0.25) is 0 Å². The summed E-state index contributed by atoms with van der Waals surface area (Å²) in [5.41, 5.74) is 9.79. The van der Waals surface area contributed by atoms with Gasteiger partial charge in [-0.15, -0.1) is 11.3 Å². The third-order valence-corrected chi connectivity index (χ3v) is 4.06. The topological polar surface area (TPSA) is 48.1 Å². The van der Waals surface area contributed by atoms with Crippen LogP contribution in [0.1, 0.15) is 27.9 Å². The van der Waals surface area contributed by atoms with Gasteiger partial charge in [0, 0.05) is 24.3 Å². The fraction of sp³-hybridized carbons (Fsp3) is 0.357. The number of nitrogens with two attached hydrogens (primary N) is 1. The largest absolute Gasteiger partial charge is 0.493 e. The van der Waals surface area contributed by atoms with E-state index in [2.05, 4.69) is 22.5 Å². The molecule has 0 aliphatic carbocycles. The number of hydrogen-bond acceptors (Lipinski definition) is 4. The van der Waals surface area contributed by atoms with E-state index in [1.165, 1.54) is 11.1 Å². The monoisotopic (exact) mass is 260 g/mol. The molecular formula is C14H16N2OS. The van der Waals surface area contributed by atoms with Gasteiger partial charge in [0.15, 0.2) is 0 Å². The Bertz CT molecular complexity index is 565. The smallest absolute Gasteiger partial charge is 0.122 e. The van der Waals surface area contributed by atoms with Crippen molar-refractivity contribution in [3.63, 3.8) is 0 Å². The molecular weight excluding hydrogens is 244 g/mol. The van der Waals surface area contributed by atoms with Crippen molar-refractivity contribution in [1.82, 2.24) is 4.98 Å². The highest BCUT2D eigenvalue weighted by Crippen LogP contribution is 2.28. The highest BCUT2D eigenvalue weighted by Gasteiger charge is 2.15. The molecule has 0 bridgehead atoms. The SMILES string of the molecule is Cc1nc(CC(N)c2ccc3c(c2)CCO3)cs1. The van der Waals surface area contributed by atoms with Crippen LogP contribution in [0.3, 0.4) is 0 Å². The number of nitrogens with zero attached hydrogens (tertiary/aromatic N) is 1. The lowest BCUT2D eigenvalue weighted by atomic mass is 10.00. The average Bonchev–Trinajstić information content (AvgIpc) is 2.96. The predicted octanol–water partition coefficient (Wildman–Crippen LogP) is 2.63. The molecule has 1 unspecified atom stereocenters. The first-order chi connectivity index (χ1) is 8.72. The summed E-state index contributed by atoms with van der Waals surface area (Å²) < 4.78 is 5.50. The fourth-order valence-corrected chi connectivity index (χ4v) is 2.91. The number of aromatic nitrogens is 1. The first-order valence-corrected chi connectivity index (χ1v) is 7.02. The van der Waals surface area contributed by atoms with Crippen LogP contribution in [0.25, 0.3) is 0 Å². The fourth-order valence-electron chi connectivity index (χ4n) is 2.28. The van der Waals surface area contributed by atoms with Crippen molar-refractivity contribution in [3.05, 3.63) is 45.4 Å². The first kappa shape index (κ1) is 11.7. The first-order valence-electron chi connectivity index (χ1n) is 6.14. The number of thiazole rings is 1. The van der Waals surface area contributed by atoms with E-state index < -0.39 is 0 Å². The van der Waals surface area contributed by atoms with Crippen molar-refractivity contribution in [2.75, 3.05) is 6.61 Å². The second-order valence-corrected chi connectivity index (χ2v) is 5.70. The minimum atomic E-state index is 0.0115. The number of fused-ring (bicyclic) bond motifs is 1. The maximum absolute atomic E-state index is 6.25. The van der Waals surface area contributed by atoms with Crippen LogP contribution in [-0.4, -0.2) is 11.6 Å². The molecule has 4 heteroatoms. The van der Waals surface area contributed by atoms with E-state index in [4.69, 9.17) is 10.5 Å². The summed E-state index contributed by atoms with van der Waals surface area (Å²) in [5, 5.41) is 3.19. The van der Waals surface area contributed by atoms with Crippen molar-refractivity contribution in [3.8, 4) is 5.75 Å². The van der Waals surface area contributed by atoms with Gasteiger partial charge in [0.25, 0.3) is 0 Å². The van der Waals surface area contributed by atoms with E-state index >= 15 is 0 Å². The Morgan fingerprint density at radius 2 is 2.39 bits per heavy atom. The third kappa shape index (κ3) is 2.26. The van der Waals surface area contributed by atoms with Gasteiger partial charge in [0.05, 0.1) is 17.3 Å². The maximum atomic E-state index is 6.25. The van der Waals surface area contributed by atoms with Crippen LogP contribution < -0.4 is 10.5 Å². The van der Waals surface area contributed by atoms with Crippen molar-refractivity contribution < 1.29 is 4.74 Å². The molecule has 94 valence electrons. The summed E-state index contributed by atoms with van der Waals surface area (Å²) in [7, 11) is 0. The van der Waals surface area contributed by atoms with Crippen LogP contribution in [0, 0.1) is 6.92 Å². The molecule has 3 nitrogen and oxygen atoms in total. The lowest BCUT2D eigenvalue weighted by molar-refractivity contribution is 0.357. The third-order valence-electron chi connectivity index (χ3n) is 3.24. The second-order valence-electron chi connectivity index (χ2n) is 4.63. The van der Waals surface area contributed by atoms with Crippen molar-refractivity contribution >= 4 is 11.3 Å². The lowest BCUT2D eigenvalue weighted by Gasteiger charge is -2.11. The van der Waals surface area contributed by atoms with Gasteiger partial charge in [0.1, 0.15) is 5.75 Å². The summed E-state index contributed by atoms with van der Waals surface area (Å²) >= 11 is 1.68. The van der Waals surface area contributed by atoms with E-state index in [0.717, 1.165) is 35.9 Å². The molecule has 3 rings (SSSR count). The van der Waals surface area contributed by atoms with Gasteiger partial charge in [0.2, 0.25) is 0 Å². The Morgan fingerprint density at radius 1 is 1.50 bits per heavy atom. The normalized spacial score (nSPS) is 15.2. The predicted molar refractivity (Wildman–Crippen MR) is 73.1 cm³/mol. The van der Waals surface area contributed by atoms with Crippen LogP contribution in [0.4, 0.5) is 0 Å². The van der Waals surface area contributed by atoms with Crippen LogP contribution in [-0.2, 0) is 12.8 Å². The second kappa shape index (κ2) is 4.71. The Morgan fingerprint density at radius 3 is 3.17 bits per heavy atom. The maximum Gasteiger partial charge on any atom is 0.122 e. The Labute approximate surface area is 111 Å². The van der Waals surface area contributed by atoms with Gasteiger partial charge in [-0.05, 0) is 24.1 Å². The average molecular weight is 260 g/mol. The molecule has 0 radical (unpaired) electrons. The number of ether oxygens (including phenoxy) is 1. The molecule has 0 saturated carbocycles. The van der Waals surface area contributed by atoms with Crippen molar-refractivity contribution in [2.45, 2.75) is 25.8 Å². The molecule has 18 heavy (non-hydrogen) atoms. The Kier molecular flexibility index (Phi) is 3.06. The number of rotatable bonds is 3. The summed E-state index contributed by atoms with van der Waals surface area (Å²) in [6.07, 6.45) is 1.79. The summed E-state index contributed by atoms with van der Waals surface area (Å²) in [6, 6.07) is 6.28. The molecule has 0 amide bonds. The number of aryl methyl sites for hydroxylation is 1. The zero-order chi connectivity index (χ0) is 12.5. The molecule has 1 aliphatic rings. The Hall–Kier alpha value is -1.39. The summed E-state index contributed by atoms with van der Waals surface area (Å²) in [6.45, 7) is 2.81. The summed E-state index contributed by atoms with van der Waals surface area (Å²) in [5.74, 6) is 1.01.